The van der Waals surface area contributed by atoms with Crippen LogP contribution in [-0.2, 0) is 6.42 Å². The lowest BCUT2D eigenvalue weighted by atomic mass is 10.1. The highest BCUT2D eigenvalue weighted by Crippen LogP contribution is 2.27. The minimum atomic E-state index is -0.676. The fourth-order valence-electron chi connectivity index (χ4n) is 2.87. The maximum absolute atomic E-state index is 12.6. The van der Waals surface area contributed by atoms with Gasteiger partial charge in [-0.15, -0.1) is 0 Å². The first kappa shape index (κ1) is 19.2. The molecular weight excluding hydrogens is 362 g/mol. The summed E-state index contributed by atoms with van der Waals surface area (Å²) in [6.45, 7) is 2.11. The minimum Gasteiger partial charge on any atom is -0.493 e. The van der Waals surface area contributed by atoms with E-state index in [1.807, 2.05) is 19.1 Å². The van der Waals surface area contributed by atoms with Crippen molar-refractivity contribution in [1.82, 2.24) is 14.7 Å². The van der Waals surface area contributed by atoms with Crippen molar-refractivity contribution in [3.63, 3.8) is 0 Å². The number of nitrogens with zero attached hydrogens (tertiary/aromatic N) is 2. The molecule has 0 atom stereocenters. The highest BCUT2D eigenvalue weighted by atomic mass is 16.5. The van der Waals surface area contributed by atoms with Crippen LogP contribution < -0.4 is 20.3 Å². The van der Waals surface area contributed by atoms with Gasteiger partial charge in [-0.25, -0.2) is 0 Å². The number of fused-ring (bicyclic) bond motifs is 1. The molecule has 3 rings (SSSR count). The summed E-state index contributed by atoms with van der Waals surface area (Å²) in [5.74, 6) is -0.0494. The zero-order valence-electron chi connectivity index (χ0n) is 15.9. The van der Waals surface area contributed by atoms with Gasteiger partial charge in [-0.1, -0.05) is 6.07 Å². The van der Waals surface area contributed by atoms with Crippen molar-refractivity contribution < 1.29 is 19.4 Å². The molecular formula is C20H21N3O5. The van der Waals surface area contributed by atoms with Gasteiger partial charge >= 0.3 is 0 Å². The Balaban J connectivity index is 1.75. The largest absolute Gasteiger partial charge is 0.493 e. The van der Waals surface area contributed by atoms with Crippen LogP contribution in [0, 0.1) is 6.92 Å². The van der Waals surface area contributed by atoms with Crippen LogP contribution in [0.4, 0.5) is 0 Å². The molecule has 0 fully saturated rings. The third-order valence-corrected chi connectivity index (χ3v) is 4.34. The van der Waals surface area contributed by atoms with E-state index in [-0.39, 0.29) is 17.8 Å². The molecule has 0 aliphatic heterocycles. The van der Waals surface area contributed by atoms with Gasteiger partial charge in [-0.2, -0.15) is 4.98 Å². The summed E-state index contributed by atoms with van der Waals surface area (Å²) in [6.07, 6.45) is 2.04. The Morgan fingerprint density at radius 1 is 1.18 bits per heavy atom. The van der Waals surface area contributed by atoms with Gasteiger partial charge < -0.3 is 19.9 Å². The average Bonchev–Trinajstić information content (AvgIpc) is 2.67. The van der Waals surface area contributed by atoms with Gasteiger partial charge in [-0.3, -0.25) is 14.0 Å². The number of ether oxygens (including phenoxy) is 2. The number of aromatic nitrogens is 2. The number of hydrogen-bond donors (Lipinski definition) is 2. The van der Waals surface area contributed by atoms with Gasteiger partial charge in [-0.05, 0) is 48.7 Å². The molecule has 2 N–H and O–H groups in total. The Kier molecular flexibility index (Phi) is 5.49. The summed E-state index contributed by atoms with van der Waals surface area (Å²) >= 11 is 0. The van der Waals surface area contributed by atoms with Crippen molar-refractivity contribution in [2.75, 3.05) is 20.8 Å². The van der Waals surface area contributed by atoms with Crippen molar-refractivity contribution in [3.8, 4) is 17.4 Å². The normalized spacial score (nSPS) is 10.7. The first-order valence-corrected chi connectivity index (χ1v) is 8.65. The van der Waals surface area contributed by atoms with Crippen LogP contribution in [0.2, 0.25) is 0 Å². The Hall–Kier alpha value is -3.55. The smallest absolute Gasteiger partial charge is 0.274 e. The molecule has 0 spiro atoms. The summed E-state index contributed by atoms with van der Waals surface area (Å²) < 4.78 is 11.7. The number of carbonyl (C=O) groups excluding carboxylic acids is 1. The van der Waals surface area contributed by atoms with Crippen LogP contribution in [-0.4, -0.2) is 41.2 Å². The first-order valence-electron chi connectivity index (χ1n) is 8.65. The van der Waals surface area contributed by atoms with Crippen LogP contribution in [0.25, 0.3) is 5.65 Å². The summed E-state index contributed by atoms with van der Waals surface area (Å²) in [6, 6.07) is 8.84. The van der Waals surface area contributed by atoms with E-state index in [1.165, 1.54) is 10.6 Å². The molecule has 3 aromatic rings. The summed E-state index contributed by atoms with van der Waals surface area (Å²) in [5.41, 5.74) is 1.09. The summed E-state index contributed by atoms with van der Waals surface area (Å²) in [4.78, 5) is 29.0. The predicted octanol–water partition coefficient (Wildman–Crippen LogP) is 1.70. The van der Waals surface area contributed by atoms with E-state index < -0.39 is 17.3 Å². The van der Waals surface area contributed by atoms with Crippen molar-refractivity contribution in [2.45, 2.75) is 13.3 Å². The number of aryl methyl sites for hydroxylation is 1. The molecule has 2 aromatic heterocycles. The molecule has 0 bridgehead atoms. The molecule has 146 valence electrons. The topological polar surface area (TPSA) is 102 Å². The third-order valence-electron chi connectivity index (χ3n) is 4.34. The zero-order chi connectivity index (χ0) is 20.3. The Morgan fingerprint density at radius 3 is 2.64 bits per heavy atom. The van der Waals surface area contributed by atoms with E-state index in [2.05, 4.69) is 10.3 Å². The molecule has 8 nitrogen and oxygen atoms in total. The summed E-state index contributed by atoms with van der Waals surface area (Å²) in [5, 5.41) is 12.7. The van der Waals surface area contributed by atoms with Crippen molar-refractivity contribution >= 4 is 11.6 Å². The number of nitrogens with one attached hydrogen (secondary N) is 1. The Morgan fingerprint density at radius 2 is 1.93 bits per heavy atom. The van der Waals surface area contributed by atoms with E-state index in [4.69, 9.17) is 9.47 Å². The second-order valence-electron chi connectivity index (χ2n) is 6.24. The van der Waals surface area contributed by atoms with Gasteiger partial charge in [0.2, 0.25) is 5.88 Å². The standard InChI is InChI=1S/C20H21N3O5/c1-12-7-9-23-16(10-12)22-19(25)17(20(23)26)18(24)21-8-6-13-4-5-14(27-2)15(11-13)28-3/h4-5,7,9-11,25H,6,8H2,1-3H3,(H,21,24). The predicted molar refractivity (Wildman–Crippen MR) is 103 cm³/mol. The van der Waals surface area contributed by atoms with E-state index in [0.717, 1.165) is 11.1 Å². The Labute approximate surface area is 161 Å². The SMILES string of the molecule is COc1ccc(CCNC(=O)c2c(O)nc3cc(C)ccn3c2=O)cc1OC. The Bertz CT molecular complexity index is 1090. The van der Waals surface area contributed by atoms with Crippen molar-refractivity contribution in [1.29, 1.82) is 0 Å². The molecule has 0 saturated heterocycles. The lowest BCUT2D eigenvalue weighted by Gasteiger charge is -2.10. The maximum atomic E-state index is 12.6. The number of methoxy groups -OCH3 is 2. The lowest BCUT2D eigenvalue weighted by molar-refractivity contribution is 0.0949. The number of benzene rings is 1. The van der Waals surface area contributed by atoms with Gasteiger partial charge in [0.25, 0.3) is 11.5 Å². The zero-order valence-corrected chi connectivity index (χ0v) is 15.9. The van der Waals surface area contributed by atoms with Gasteiger partial charge in [0.1, 0.15) is 5.65 Å². The van der Waals surface area contributed by atoms with Crippen LogP contribution in [0.15, 0.2) is 41.3 Å². The highest BCUT2D eigenvalue weighted by Gasteiger charge is 2.19. The molecule has 2 heterocycles. The quantitative estimate of drug-likeness (QED) is 0.672. The number of pyridine rings is 1. The second-order valence-corrected chi connectivity index (χ2v) is 6.24. The third kappa shape index (κ3) is 3.75. The second kappa shape index (κ2) is 7.99. The van der Waals surface area contributed by atoms with E-state index in [0.29, 0.717) is 17.9 Å². The fraction of sp³-hybridized carbons (Fsp3) is 0.250. The minimum absolute atomic E-state index is 0.268. The van der Waals surface area contributed by atoms with E-state index >= 15 is 0 Å². The number of carbonyl (C=O) groups is 1. The molecule has 8 heteroatoms. The molecule has 1 amide bonds. The van der Waals surface area contributed by atoms with Crippen LogP contribution in [0.1, 0.15) is 21.5 Å². The molecule has 0 radical (unpaired) electrons. The molecule has 0 aliphatic rings. The van der Waals surface area contributed by atoms with E-state index in [1.54, 1.807) is 32.4 Å². The highest BCUT2D eigenvalue weighted by molar-refractivity contribution is 5.96. The van der Waals surface area contributed by atoms with Gasteiger partial charge in [0.15, 0.2) is 17.1 Å². The van der Waals surface area contributed by atoms with Crippen molar-refractivity contribution in [3.05, 3.63) is 63.6 Å². The molecule has 28 heavy (non-hydrogen) atoms. The van der Waals surface area contributed by atoms with Gasteiger partial charge in [0.05, 0.1) is 14.2 Å². The fourth-order valence-corrected chi connectivity index (χ4v) is 2.87. The monoisotopic (exact) mass is 383 g/mol. The lowest BCUT2D eigenvalue weighted by Crippen LogP contribution is -2.33. The number of aromatic hydroxyl groups is 1. The first-order chi connectivity index (χ1) is 13.4. The number of rotatable bonds is 6. The molecule has 1 aromatic carbocycles. The molecule has 0 saturated carbocycles. The summed E-state index contributed by atoms with van der Waals surface area (Å²) in [7, 11) is 3.11. The maximum Gasteiger partial charge on any atom is 0.274 e. The van der Waals surface area contributed by atoms with Crippen LogP contribution >= 0.6 is 0 Å². The van der Waals surface area contributed by atoms with E-state index in [9.17, 15) is 14.7 Å². The molecule has 0 unspecified atom stereocenters. The molecule has 0 aliphatic carbocycles. The van der Waals surface area contributed by atoms with Crippen molar-refractivity contribution in [2.24, 2.45) is 0 Å². The van der Waals surface area contributed by atoms with Crippen LogP contribution in [0.5, 0.6) is 17.4 Å². The van der Waals surface area contributed by atoms with Crippen LogP contribution in [0.3, 0.4) is 0 Å². The average molecular weight is 383 g/mol. The number of hydrogen-bond acceptors (Lipinski definition) is 6. The van der Waals surface area contributed by atoms with Gasteiger partial charge in [0, 0.05) is 12.7 Å². The number of amides is 1.